The quantitative estimate of drug-likeness (QED) is 0.494. The second-order valence-corrected chi connectivity index (χ2v) is 9.14. The van der Waals surface area contributed by atoms with E-state index in [4.69, 9.17) is 16.6 Å². The van der Waals surface area contributed by atoms with Gasteiger partial charge in [0.25, 0.3) is 0 Å². The summed E-state index contributed by atoms with van der Waals surface area (Å²) >= 11 is 6.07. The van der Waals surface area contributed by atoms with Gasteiger partial charge in [0, 0.05) is 46.3 Å². The highest BCUT2D eigenvalue weighted by Crippen LogP contribution is 2.33. The van der Waals surface area contributed by atoms with Gasteiger partial charge in [0.1, 0.15) is 0 Å². The number of benzene rings is 2. The van der Waals surface area contributed by atoms with Gasteiger partial charge in [0.15, 0.2) is 0 Å². The molecule has 2 heterocycles. The van der Waals surface area contributed by atoms with Crippen molar-refractivity contribution < 1.29 is 0 Å². The summed E-state index contributed by atoms with van der Waals surface area (Å²) in [5.74, 6) is 0. The number of halogens is 1. The lowest BCUT2D eigenvalue weighted by atomic mass is 9.98. The molecule has 3 nitrogen and oxygen atoms in total. The third-order valence-electron chi connectivity index (χ3n) is 5.31. The van der Waals surface area contributed by atoms with Crippen molar-refractivity contribution in [2.75, 3.05) is 18.0 Å². The molecular weight excluding hydrogens is 390 g/mol. The molecule has 0 spiro atoms. The second kappa shape index (κ2) is 9.80. The second-order valence-electron chi connectivity index (χ2n) is 8.71. The van der Waals surface area contributed by atoms with Crippen LogP contribution in [0.15, 0.2) is 54.6 Å². The Kier molecular flexibility index (Phi) is 7.38. The molecule has 0 aliphatic carbocycles. The minimum Gasteiger partial charge on any atom is -0.371 e. The summed E-state index contributed by atoms with van der Waals surface area (Å²) in [5, 5.41) is 5.73. The molecule has 160 valence electrons. The first-order valence-electron chi connectivity index (χ1n) is 11.1. The minimum atomic E-state index is 0.165. The van der Waals surface area contributed by atoms with Gasteiger partial charge in [-0.1, -0.05) is 55.8 Å². The molecule has 4 rings (SSSR count). The first-order valence-corrected chi connectivity index (χ1v) is 11.5. The van der Waals surface area contributed by atoms with E-state index in [0.29, 0.717) is 6.04 Å². The molecule has 1 saturated heterocycles. The fraction of sp³-hybridized carbons (Fsp3) is 0.423. The van der Waals surface area contributed by atoms with Crippen LogP contribution in [0.5, 0.6) is 0 Å². The van der Waals surface area contributed by atoms with Gasteiger partial charge in [-0.3, -0.25) is 0 Å². The topological polar surface area (TPSA) is 28.2 Å². The number of hydrogen-bond acceptors (Lipinski definition) is 3. The van der Waals surface area contributed by atoms with Gasteiger partial charge in [0.2, 0.25) is 0 Å². The molecule has 0 unspecified atom stereocenters. The average Bonchev–Trinajstić information content (AvgIpc) is 2.74. The molecule has 1 aromatic heterocycles. The minimum absolute atomic E-state index is 0.165. The van der Waals surface area contributed by atoms with Gasteiger partial charge in [0.05, 0.1) is 11.2 Å². The Morgan fingerprint density at radius 3 is 2.23 bits per heavy atom. The van der Waals surface area contributed by atoms with Gasteiger partial charge in [-0.25, -0.2) is 4.98 Å². The Hall–Kier alpha value is -2.10. The molecule has 0 saturated carbocycles. The van der Waals surface area contributed by atoms with Crippen molar-refractivity contribution in [3.63, 3.8) is 0 Å². The zero-order chi connectivity index (χ0) is 21.7. The van der Waals surface area contributed by atoms with Crippen molar-refractivity contribution in [2.24, 2.45) is 0 Å². The molecule has 4 heteroatoms. The number of para-hydroxylation sites is 1. The van der Waals surface area contributed by atoms with Crippen LogP contribution in [0.2, 0.25) is 5.02 Å². The van der Waals surface area contributed by atoms with Crippen molar-refractivity contribution in [1.29, 1.82) is 0 Å². The monoisotopic (exact) mass is 423 g/mol. The van der Waals surface area contributed by atoms with Crippen LogP contribution < -0.4 is 10.2 Å². The van der Waals surface area contributed by atoms with Crippen molar-refractivity contribution in [3.8, 4) is 11.3 Å². The van der Waals surface area contributed by atoms with Crippen LogP contribution in [0.4, 0.5) is 5.69 Å². The third-order valence-corrected chi connectivity index (χ3v) is 5.56. The Morgan fingerprint density at radius 2 is 1.60 bits per heavy atom. The van der Waals surface area contributed by atoms with E-state index in [1.54, 1.807) is 0 Å². The lowest BCUT2D eigenvalue weighted by Gasteiger charge is -2.37. The molecule has 1 aliphatic rings. The Labute approximate surface area is 186 Å². The number of fused-ring (bicyclic) bond motifs is 1. The average molecular weight is 424 g/mol. The van der Waals surface area contributed by atoms with Gasteiger partial charge < -0.3 is 10.2 Å². The highest BCUT2D eigenvalue weighted by molar-refractivity contribution is 6.30. The van der Waals surface area contributed by atoms with E-state index in [-0.39, 0.29) is 5.54 Å². The summed E-state index contributed by atoms with van der Waals surface area (Å²) in [6.07, 6.45) is 2.31. The van der Waals surface area contributed by atoms with Gasteiger partial charge >= 0.3 is 0 Å². The molecule has 1 fully saturated rings. The maximum atomic E-state index is 6.07. The predicted molar refractivity (Wildman–Crippen MR) is 132 cm³/mol. The molecule has 2 aromatic carbocycles. The molecule has 1 aliphatic heterocycles. The molecule has 0 radical (unpaired) electrons. The molecular formula is C26H34ClN3. The maximum Gasteiger partial charge on any atom is 0.0730 e. The fourth-order valence-electron chi connectivity index (χ4n) is 4.06. The maximum absolute atomic E-state index is 6.07. The van der Waals surface area contributed by atoms with Crippen molar-refractivity contribution in [3.05, 3.63) is 59.6 Å². The van der Waals surface area contributed by atoms with E-state index in [9.17, 15) is 0 Å². The summed E-state index contributed by atoms with van der Waals surface area (Å²) in [5.41, 5.74) is 4.59. The Balaban J connectivity index is 0.00000124. The number of hydrogen-bond donors (Lipinski definition) is 1. The number of nitrogens with zero attached hydrogens (tertiary/aromatic N) is 2. The molecule has 1 N–H and O–H groups in total. The van der Waals surface area contributed by atoms with Crippen LogP contribution in [0.3, 0.4) is 0 Å². The van der Waals surface area contributed by atoms with Gasteiger partial charge in [-0.15, -0.1) is 0 Å². The van der Waals surface area contributed by atoms with E-state index < -0.39 is 0 Å². The SMILES string of the molecule is CC.CC(C)(C)NC1CCN(c2cc(-c3ccc(Cl)cc3)nc3ccccc23)CC1. The first kappa shape index (κ1) is 22.6. The van der Waals surface area contributed by atoms with Crippen LogP contribution >= 0.6 is 11.6 Å². The van der Waals surface area contributed by atoms with E-state index in [0.717, 1.165) is 47.7 Å². The van der Waals surface area contributed by atoms with Crippen LogP contribution in [0, 0.1) is 0 Å². The number of piperidine rings is 1. The summed E-state index contributed by atoms with van der Waals surface area (Å²) in [6, 6.07) is 19.2. The van der Waals surface area contributed by atoms with E-state index >= 15 is 0 Å². The fourth-order valence-corrected chi connectivity index (χ4v) is 4.19. The molecule has 0 atom stereocenters. The normalized spacial score (nSPS) is 15.1. The van der Waals surface area contributed by atoms with Crippen LogP contribution in [0.1, 0.15) is 47.5 Å². The smallest absolute Gasteiger partial charge is 0.0730 e. The number of pyridine rings is 1. The molecule has 0 amide bonds. The molecule has 3 aromatic rings. The zero-order valence-corrected chi connectivity index (χ0v) is 19.6. The van der Waals surface area contributed by atoms with Crippen molar-refractivity contribution in [2.45, 2.75) is 59.0 Å². The van der Waals surface area contributed by atoms with Gasteiger partial charge in [-0.05, 0) is 57.9 Å². The standard InChI is InChI=1S/C24H28ClN3.C2H6/c1-24(2,3)27-19-12-14-28(15-13-19)23-16-22(17-8-10-18(25)11-9-17)26-21-7-5-4-6-20(21)23;1-2/h4-11,16,19,27H,12-15H2,1-3H3;1-2H3. The summed E-state index contributed by atoms with van der Waals surface area (Å²) in [4.78, 5) is 7.43. The predicted octanol–water partition coefficient (Wildman–Crippen LogP) is 6.94. The largest absolute Gasteiger partial charge is 0.371 e. The first-order chi connectivity index (χ1) is 14.4. The van der Waals surface area contributed by atoms with E-state index in [2.05, 4.69) is 61.3 Å². The van der Waals surface area contributed by atoms with E-state index in [1.165, 1.54) is 11.1 Å². The number of nitrogens with one attached hydrogen (secondary N) is 1. The van der Waals surface area contributed by atoms with Gasteiger partial charge in [-0.2, -0.15) is 0 Å². The van der Waals surface area contributed by atoms with Crippen LogP contribution in [-0.2, 0) is 0 Å². The van der Waals surface area contributed by atoms with E-state index in [1.807, 2.05) is 38.1 Å². The lowest BCUT2D eigenvalue weighted by Crippen LogP contribution is -2.49. The zero-order valence-electron chi connectivity index (χ0n) is 18.9. The van der Waals surface area contributed by atoms with Crippen LogP contribution in [-0.4, -0.2) is 29.7 Å². The number of aromatic nitrogens is 1. The third kappa shape index (κ3) is 5.53. The Bertz CT molecular complexity index is 952. The Morgan fingerprint density at radius 1 is 0.967 bits per heavy atom. The summed E-state index contributed by atoms with van der Waals surface area (Å²) < 4.78 is 0. The van der Waals surface area contributed by atoms with Crippen molar-refractivity contribution >= 4 is 28.2 Å². The van der Waals surface area contributed by atoms with Crippen LogP contribution in [0.25, 0.3) is 22.2 Å². The summed E-state index contributed by atoms with van der Waals surface area (Å²) in [6.45, 7) is 12.8. The highest BCUT2D eigenvalue weighted by Gasteiger charge is 2.24. The molecule has 30 heavy (non-hydrogen) atoms. The van der Waals surface area contributed by atoms with Crippen molar-refractivity contribution in [1.82, 2.24) is 10.3 Å². The lowest BCUT2D eigenvalue weighted by molar-refractivity contribution is 0.317. The summed E-state index contributed by atoms with van der Waals surface area (Å²) in [7, 11) is 0. The number of anilines is 1. The number of rotatable bonds is 3. The highest BCUT2D eigenvalue weighted by atomic mass is 35.5. The molecule has 0 bridgehead atoms.